The Labute approximate surface area is 105 Å². The highest BCUT2D eigenvalue weighted by Crippen LogP contribution is 2.10. The summed E-state index contributed by atoms with van der Waals surface area (Å²) in [7, 11) is 1.63. The van der Waals surface area contributed by atoms with Crippen LogP contribution in [0.25, 0.3) is 0 Å². The van der Waals surface area contributed by atoms with Crippen LogP contribution in [0.2, 0.25) is 0 Å². The van der Waals surface area contributed by atoms with Crippen LogP contribution in [-0.2, 0) is 16.1 Å². The summed E-state index contributed by atoms with van der Waals surface area (Å²) in [6, 6.07) is -0.331. The fourth-order valence-electron chi connectivity index (χ4n) is 1.88. The lowest BCUT2D eigenvalue weighted by Gasteiger charge is -2.09. The van der Waals surface area contributed by atoms with E-state index in [2.05, 4.69) is 15.7 Å². The number of aliphatic hydroxyl groups excluding tert-OH is 1. The van der Waals surface area contributed by atoms with Crippen molar-refractivity contribution in [3.05, 3.63) is 12.4 Å². The number of anilines is 1. The van der Waals surface area contributed by atoms with Gasteiger partial charge in [-0.1, -0.05) is 0 Å². The predicted molar refractivity (Wildman–Crippen MR) is 65.1 cm³/mol. The van der Waals surface area contributed by atoms with Crippen molar-refractivity contribution in [1.82, 2.24) is 15.1 Å². The summed E-state index contributed by atoms with van der Waals surface area (Å²) >= 11 is 0. The monoisotopic (exact) mass is 254 g/mol. The number of rotatable bonds is 5. The Morgan fingerprint density at radius 1 is 1.78 bits per heavy atom. The number of aliphatic hydroxyl groups is 1. The number of hydrogen-bond donors (Lipinski definition) is 3. The van der Waals surface area contributed by atoms with Crippen LogP contribution >= 0.6 is 0 Å². The molecule has 2 rings (SSSR count). The smallest absolute Gasteiger partial charge is 0.241 e. The van der Waals surface area contributed by atoms with E-state index in [1.807, 2.05) is 0 Å². The lowest BCUT2D eigenvalue weighted by molar-refractivity contribution is -0.117. The highest BCUT2D eigenvalue weighted by atomic mass is 16.5. The second-order valence-corrected chi connectivity index (χ2v) is 4.32. The van der Waals surface area contributed by atoms with Gasteiger partial charge in [0.2, 0.25) is 5.91 Å². The van der Waals surface area contributed by atoms with Crippen molar-refractivity contribution in [2.45, 2.75) is 25.1 Å². The molecule has 1 aliphatic rings. The molecule has 0 spiro atoms. The van der Waals surface area contributed by atoms with E-state index in [9.17, 15) is 9.90 Å². The lowest BCUT2D eigenvalue weighted by Crippen LogP contribution is -2.35. The number of carbonyl (C=O) groups excluding carboxylic acids is 1. The van der Waals surface area contributed by atoms with Gasteiger partial charge in [-0.25, -0.2) is 0 Å². The molecule has 1 aliphatic heterocycles. The SMILES string of the molecule is COCCn1cc(NC(=O)C2CC(O)CN2)cn1. The molecule has 18 heavy (non-hydrogen) atoms. The number of aromatic nitrogens is 2. The van der Waals surface area contributed by atoms with Gasteiger partial charge in [0.1, 0.15) is 0 Å². The standard InChI is InChI=1S/C11H18N4O3/c1-18-3-2-15-7-8(5-13-15)14-11(17)10-4-9(16)6-12-10/h5,7,9-10,12,16H,2-4,6H2,1H3,(H,14,17). The summed E-state index contributed by atoms with van der Waals surface area (Å²) < 4.78 is 6.65. The molecule has 1 aromatic rings. The fourth-order valence-corrected chi connectivity index (χ4v) is 1.88. The first-order valence-corrected chi connectivity index (χ1v) is 5.92. The Hall–Kier alpha value is -1.44. The van der Waals surface area contributed by atoms with Crippen molar-refractivity contribution in [3.63, 3.8) is 0 Å². The van der Waals surface area contributed by atoms with Crippen LogP contribution in [0.1, 0.15) is 6.42 Å². The number of nitrogens with one attached hydrogen (secondary N) is 2. The fraction of sp³-hybridized carbons (Fsp3) is 0.636. The molecule has 100 valence electrons. The van der Waals surface area contributed by atoms with Crippen LogP contribution in [-0.4, -0.2) is 53.2 Å². The van der Waals surface area contributed by atoms with E-state index in [0.717, 1.165) is 0 Å². The first-order valence-electron chi connectivity index (χ1n) is 5.92. The second kappa shape index (κ2) is 5.94. The summed E-state index contributed by atoms with van der Waals surface area (Å²) in [5, 5.41) is 19.2. The Balaban J connectivity index is 1.85. The molecule has 1 saturated heterocycles. The summed E-state index contributed by atoms with van der Waals surface area (Å²) in [5.41, 5.74) is 0.652. The normalized spacial score (nSPS) is 23.2. The molecule has 1 fully saturated rings. The van der Waals surface area contributed by atoms with Gasteiger partial charge in [-0.05, 0) is 6.42 Å². The minimum absolute atomic E-state index is 0.141. The van der Waals surface area contributed by atoms with E-state index in [1.165, 1.54) is 0 Å². The first-order chi connectivity index (χ1) is 8.69. The highest BCUT2D eigenvalue weighted by molar-refractivity contribution is 5.94. The zero-order valence-corrected chi connectivity index (χ0v) is 10.3. The van der Waals surface area contributed by atoms with Gasteiger partial charge in [-0.15, -0.1) is 0 Å². The molecule has 0 bridgehead atoms. The summed E-state index contributed by atoms with van der Waals surface area (Å²) in [4.78, 5) is 11.8. The third-order valence-electron chi connectivity index (χ3n) is 2.85. The Morgan fingerprint density at radius 3 is 3.28 bits per heavy atom. The van der Waals surface area contributed by atoms with Crippen LogP contribution in [0.3, 0.4) is 0 Å². The van der Waals surface area contributed by atoms with E-state index in [1.54, 1.807) is 24.2 Å². The topological polar surface area (TPSA) is 88.4 Å². The van der Waals surface area contributed by atoms with Crippen LogP contribution in [0.4, 0.5) is 5.69 Å². The molecule has 2 atom stereocenters. The van der Waals surface area contributed by atoms with E-state index in [0.29, 0.717) is 31.8 Å². The zero-order valence-electron chi connectivity index (χ0n) is 10.3. The number of amides is 1. The van der Waals surface area contributed by atoms with Crippen molar-refractivity contribution in [2.24, 2.45) is 0 Å². The second-order valence-electron chi connectivity index (χ2n) is 4.32. The molecule has 0 saturated carbocycles. The summed E-state index contributed by atoms with van der Waals surface area (Å²) in [6.07, 6.45) is 3.36. The molecule has 3 N–H and O–H groups in total. The Bertz CT molecular complexity index is 407. The predicted octanol–water partition coefficient (Wildman–Crippen LogP) is -0.809. The molecule has 0 radical (unpaired) electrons. The molecule has 1 aromatic heterocycles. The molecule has 0 aliphatic carbocycles. The van der Waals surface area contributed by atoms with Crippen molar-refractivity contribution >= 4 is 11.6 Å². The molecule has 0 aromatic carbocycles. The summed E-state index contributed by atoms with van der Waals surface area (Å²) in [6.45, 7) is 1.68. The molecule has 7 heteroatoms. The van der Waals surface area contributed by atoms with Crippen molar-refractivity contribution in [2.75, 3.05) is 25.6 Å². The highest BCUT2D eigenvalue weighted by Gasteiger charge is 2.28. The van der Waals surface area contributed by atoms with Gasteiger partial charge in [0, 0.05) is 19.9 Å². The largest absolute Gasteiger partial charge is 0.392 e. The van der Waals surface area contributed by atoms with Crippen molar-refractivity contribution in [1.29, 1.82) is 0 Å². The number of ether oxygens (including phenoxy) is 1. The number of carbonyl (C=O) groups is 1. The van der Waals surface area contributed by atoms with Gasteiger partial charge in [-0.2, -0.15) is 5.10 Å². The average Bonchev–Trinajstić information content (AvgIpc) is 2.96. The number of methoxy groups -OCH3 is 1. The molecular weight excluding hydrogens is 236 g/mol. The molecule has 7 nitrogen and oxygen atoms in total. The van der Waals surface area contributed by atoms with E-state index in [4.69, 9.17) is 4.74 Å². The third kappa shape index (κ3) is 3.28. The quantitative estimate of drug-likeness (QED) is 0.639. The van der Waals surface area contributed by atoms with E-state index >= 15 is 0 Å². The zero-order chi connectivity index (χ0) is 13.0. The maximum atomic E-state index is 11.8. The van der Waals surface area contributed by atoms with Gasteiger partial charge in [0.25, 0.3) is 0 Å². The average molecular weight is 254 g/mol. The van der Waals surface area contributed by atoms with Crippen LogP contribution in [0, 0.1) is 0 Å². The van der Waals surface area contributed by atoms with E-state index in [-0.39, 0.29) is 11.9 Å². The van der Waals surface area contributed by atoms with Crippen molar-refractivity contribution in [3.8, 4) is 0 Å². The van der Waals surface area contributed by atoms with Crippen LogP contribution < -0.4 is 10.6 Å². The first kappa shape index (κ1) is 13.0. The molecular formula is C11H18N4O3. The van der Waals surface area contributed by atoms with Gasteiger partial charge in [0.05, 0.1) is 37.2 Å². The molecule has 2 heterocycles. The maximum Gasteiger partial charge on any atom is 0.241 e. The van der Waals surface area contributed by atoms with Crippen molar-refractivity contribution < 1.29 is 14.6 Å². The van der Waals surface area contributed by atoms with Gasteiger partial charge in [-0.3, -0.25) is 9.48 Å². The Kier molecular flexibility index (Phi) is 4.29. The minimum atomic E-state index is -0.440. The van der Waals surface area contributed by atoms with Crippen LogP contribution in [0.5, 0.6) is 0 Å². The summed E-state index contributed by atoms with van der Waals surface area (Å²) in [5.74, 6) is -0.141. The Morgan fingerprint density at radius 2 is 2.61 bits per heavy atom. The minimum Gasteiger partial charge on any atom is -0.392 e. The number of β-amino-alcohol motifs (C(OH)–C–C–N with tert-alkyl or cyclic N) is 1. The van der Waals surface area contributed by atoms with Crippen LogP contribution in [0.15, 0.2) is 12.4 Å². The molecule has 1 amide bonds. The number of hydrogen-bond acceptors (Lipinski definition) is 5. The third-order valence-corrected chi connectivity index (χ3v) is 2.85. The van der Waals surface area contributed by atoms with Gasteiger partial charge >= 0.3 is 0 Å². The van der Waals surface area contributed by atoms with Gasteiger partial charge < -0.3 is 20.5 Å². The maximum absolute atomic E-state index is 11.8. The molecule has 2 unspecified atom stereocenters. The number of nitrogens with zero attached hydrogens (tertiary/aromatic N) is 2. The lowest BCUT2D eigenvalue weighted by atomic mass is 10.2. The van der Waals surface area contributed by atoms with Gasteiger partial charge in [0.15, 0.2) is 0 Å². The van der Waals surface area contributed by atoms with E-state index < -0.39 is 6.10 Å².